The normalized spacial score (nSPS) is 19.2. The van der Waals surface area contributed by atoms with Crippen molar-refractivity contribution < 1.29 is 9.90 Å². The van der Waals surface area contributed by atoms with Crippen LogP contribution in [0.25, 0.3) is 0 Å². The molecule has 3 aromatic rings. The third-order valence-corrected chi connectivity index (χ3v) is 4.89. The fourth-order valence-corrected chi connectivity index (χ4v) is 3.42. The van der Waals surface area contributed by atoms with Gasteiger partial charge in [-0.15, -0.1) is 5.10 Å². The second kappa shape index (κ2) is 7.43. The molecule has 146 valence electrons. The van der Waals surface area contributed by atoms with Crippen LogP contribution in [0.2, 0.25) is 0 Å². The zero-order chi connectivity index (χ0) is 19.7. The molecule has 2 aromatic heterocycles. The molecule has 0 aliphatic carbocycles. The average molecular weight is 381 g/mol. The van der Waals surface area contributed by atoms with E-state index in [9.17, 15) is 9.90 Å². The Labute approximate surface area is 162 Å². The summed E-state index contributed by atoms with van der Waals surface area (Å²) in [7, 11) is 1.79. The SMILES string of the molecule is Cc1cc2n(n1)CCC(NC(=O)c1ncn(Cc3ccccc3)n1)C(O)N2C. The van der Waals surface area contributed by atoms with Crippen LogP contribution >= 0.6 is 0 Å². The number of nitrogens with one attached hydrogen (secondary N) is 1. The highest BCUT2D eigenvalue weighted by Gasteiger charge is 2.31. The van der Waals surface area contributed by atoms with E-state index in [1.165, 1.54) is 6.33 Å². The van der Waals surface area contributed by atoms with Crippen molar-refractivity contribution in [3.8, 4) is 0 Å². The number of carbonyl (C=O) groups is 1. The van der Waals surface area contributed by atoms with Gasteiger partial charge < -0.3 is 15.3 Å². The minimum absolute atomic E-state index is 0.0867. The van der Waals surface area contributed by atoms with E-state index in [2.05, 4.69) is 20.5 Å². The van der Waals surface area contributed by atoms with Crippen molar-refractivity contribution in [1.29, 1.82) is 0 Å². The van der Waals surface area contributed by atoms with Gasteiger partial charge in [0, 0.05) is 19.7 Å². The average Bonchev–Trinajstić information content (AvgIpc) is 3.28. The summed E-state index contributed by atoms with van der Waals surface area (Å²) in [5.74, 6) is 0.510. The number of aliphatic hydroxyl groups is 1. The van der Waals surface area contributed by atoms with Crippen LogP contribution in [0, 0.1) is 6.92 Å². The minimum Gasteiger partial charge on any atom is -0.371 e. The maximum atomic E-state index is 12.6. The molecular formula is C19H23N7O2. The zero-order valence-electron chi connectivity index (χ0n) is 15.9. The lowest BCUT2D eigenvalue weighted by Crippen LogP contribution is -2.50. The van der Waals surface area contributed by atoms with Crippen molar-refractivity contribution in [2.24, 2.45) is 0 Å². The largest absolute Gasteiger partial charge is 0.371 e. The van der Waals surface area contributed by atoms with E-state index in [4.69, 9.17) is 0 Å². The molecule has 1 aromatic carbocycles. The van der Waals surface area contributed by atoms with Gasteiger partial charge in [0.15, 0.2) is 0 Å². The summed E-state index contributed by atoms with van der Waals surface area (Å²) in [6.45, 7) is 3.06. The third kappa shape index (κ3) is 3.61. The number of aryl methyl sites for hydroxylation is 2. The Morgan fingerprint density at radius 1 is 1.29 bits per heavy atom. The Balaban J connectivity index is 1.43. The number of carbonyl (C=O) groups excluding carboxylic acids is 1. The monoisotopic (exact) mass is 381 g/mol. The van der Waals surface area contributed by atoms with Gasteiger partial charge in [-0.3, -0.25) is 4.79 Å². The minimum atomic E-state index is -0.868. The van der Waals surface area contributed by atoms with Crippen molar-refractivity contribution in [3.05, 3.63) is 59.8 Å². The van der Waals surface area contributed by atoms with E-state index in [0.717, 1.165) is 17.1 Å². The lowest BCUT2D eigenvalue weighted by Gasteiger charge is -2.28. The number of amides is 1. The van der Waals surface area contributed by atoms with Crippen LogP contribution in [0.1, 0.15) is 28.3 Å². The summed E-state index contributed by atoms with van der Waals surface area (Å²) < 4.78 is 3.47. The maximum Gasteiger partial charge on any atom is 0.291 e. The molecule has 2 N–H and O–H groups in total. The third-order valence-electron chi connectivity index (χ3n) is 4.89. The fourth-order valence-electron chi connectivity index (χ4n) is 3.42. The smallest absolute Gasteiger partial charge is 0.291 e. The number of anilines is 1. The molecule has 9 nitrogen and oxygen atoms in total. The first-order chi connectivity index (χ1) is 13.5. The van der Waals surface area contributed by atoms with Crippen LogP contribution in [0.3, 0.4) is 0 Å². The van der Waals surface area contributed by atoms with Crippen LogP contribution in [-0.2, 0) is 13.1 Å². The summed E-state index contributed by atoms with van der Waals surface area (Å²) in [4.78, 5) is 18.4. The number of aliphatic hydroxyl groups excluding tert-OH is 1. The molecular weight excluding hydrogens is 358 g/mol. The van der Waals surface area contributed by atoms with Crippen LogP contribution in [0.15, 0.2) is 42.7 Å². The molecule has 4 rings (SSSR count). The van der Waals surface area contributed by atoms with Gasteiger partial charge in [-0.05, 0) is 18.9 Å². The predicted octanol–water partition coefficient (Wildman–Crippen LogP) is 0.788. The van der Waals surface area contributed by atoms with Gasteiger partial charge in [0.05, 0.1) is 18.3 Å². The molecule has 0 radical (unpaired) electrons. The first-order valence-corrected chi connectivity index (χ1v) is 9.21. The number of hydrogen-bond acceptors (Lipinski definition) is 6. The van der Waals surface area contributed by atoms with Gasteiger partial charge in [-0.2, -0.15) is 5.10 Å². The second-order valence-electron chi connectivity index (χ2n) is 7.01. The van der Waals surface area contributed by atoms with E-state index in [-0.39, 0.29) is 5.82 Å². The summed E-state index contributed by atoms with van der Waals surface area (Å²) in [6.07, 6.45) is 1.22. The highest BCUT2D eigenvalue weighted by atomic mass is 16.3. The number of likely N-dealkylation sites (N-methyl/N-ethyl adjacent to an activating group) is 1. The molecule has 3 heterocycles. The highest BCUT2D eigenvalue weighted by Crippen LogP contribution is 2.23. The summed E-state index contributed by atoms with van der Waals surface area (Å²) in [5.41, 5.74) is 1.97. The molecule has 0 fully saturated rings. The van der Waals surface area contributed by atoms with Gasteiger partial charge in [0.2, 0.25) is 5.82 Å². The van der Waals surface area contributed by atoms with E-state index in [0.29, 0.717) is 19.5 Å². The number of nitrogens with zero attached hydrogens (tertiary/aromatic N) is 6. The van der Waals surface area contributed by atoms with Gasteiger partial charge in [-0.1, -0.05) is 30.3 Å². The Bertz CT molecular complexity index is 966. The lowest BCUT2D eigenvalue weighted by atomic mass is 10.1. The molecule has 1 aliphatic heterocycles. The van der Waals surface area contributed by atoms with Crippen molar-refractivity contribution >= 4 is 11.7 Å². The van der Waals surface area contributed by atoms with Gasteiger partial charge >= 0.3 is 0 Å². The molecule has 0 spiro atoms. The highest BCUT2D eigenvalue weighted by molar-refractivity contribution is 5.90. The Hall–Kier alpha value is -3.20. The standard InChI is InChI=1S/C19H23N7O2/c1-13-10-16-24(2)19(28)15(8-9-26(16)22-13)21-18(27)17-20-12-25(23-17)11-14-6-4-3-5-7-14/h3-7,10,12,15,19,28H,8-9,11H2,1-2H3,(H,21,27). The second-order valence-corrected chi connectivity index (χ2v) is 7.01. The van der Waals surface area contributed by atoms with Crippen molar-refractivity contribution in [2.75, 3.05) is 11.9 Å². The lowest BCUT2D eigenvalue weighted by molar-refractivity contribution is 0.0818. The van der Waals surface area contributed by atoms with Gasteiger partial charge in [0.1, 0.15) is 18.4 Å². The Morgan fingerprint density at radius 2 is 2.07 bits per heavy atom. The first kappa shape index (κ1) is 18.2. The number of rotatable bonds is 4. The maximum absolute atomic E-state index is 12.6. The topological polar surface area (TPSA) is 101 Å². The summed E-state index contributed by atoms with van der Waals surface area (Å²) in [5, 5.41) is 22.2. The first-order valence-electron chi connectivity index (χ1n) is 9.21. The molecule has 0 saturated heterocycles. The summed E-state index contributed by atoms with van der Waals surface area (Å²) >= 11 is 0. The van der Waals surface area contributed by atoms with Crippen LogP contribution < -0.4 is 10.2 Å². The summed E-state index contributed by atoms with van der Waals surface area (Å²) in [6, 6.07) is 11.3. The van der Waals surface area contributed by atoms with Crippen molar-refractivity contribution in [2.45, 2.75) is 38.7 Å². The Kier molecular flexibility index (Phi) is 4.82. The van der Waals surface area contributed by atoms with Crippen molar-refractivity contribution in [1.82, 2.24) is 29.9 Å². The van der Waals surface area contributed by atoms with E-state index in [1.807, 2.05) is 48.0 Å². The van der Waals surface area contributed by atoms with Gasteiger partial charge in [0.25, 0.3) is 5.91 Å². The number of hydrogen-bond donors (Lipinski definition) is 2. The van der Waals surface area contributed by atoms with Crippen molar-refractivity contribution in [3.63, 3.8) is 0 Å². The van der Waals surface area contributed by atoms with Crippen LogP contribution in [0.5, 0.6) is 0 Å². The number of aromatic nitrogens is 5. The quantitative estimate of drug-likeness (QED) is 0.693. The fraction of sp³-hybridized carbons (Fsp3) is 0.368. The zero-order valence-corrected chi connectivity index (χ0v) is 15.9. The van der Waals surface area contributed by atoms with Crippen LogP contribution in [0.4, 0.5) is 5.82 Å². The molecule has 2 atom stereocenters. The Morgan fingerprint density at radius 3 is 2.86 bits per heavy atom. The molecule has 0 saturated carbocycles. The van der Waals surface area contributed by atoms with Gasteiger partial charge in [-0.25, -0.2) is 14.3 Å². The molecule has 0 bridgehead atoms. The van der Waals surface area contributed by atoms with E-state index < -0.39 is 18.2 Å². The molecule has 1 amide bonds. The van der Waals surface area contributed by atoms with E-state index in [1.54, 1.807) is 16.6 Å². The van der Waals surface area contributed by atoms with Crippen LogP contribution in [-0.4, -0.2) is 54.9 Å². The molecule has 1 aliphatic rings. The molecule has 2 unspecified atom stereocenters. The number of benzene rings is 1. The molecule has 9 heteroatoms. The predicted molar refractivity (Wildman–Crippen MR) is 103 cm³/mol. The van der Waals surface area contributed by atoms with E-state index >= 15 is 0 Å². The molecule has 28 heavy (non-hydrogen) atoms. The number of fused-ring (bicyclic) bond motifs is 1.